The molecule has 1 saturated heterocycles. The number of anilines is 1. The van der Waals surface area contributed by atoms with E-state index in [0.717, 1.165) is 12.8 Å². The van der Waals surface area contributed by atoms with E-state index in [9.17, 15) is 9.59 Å². The molecular weight excluding hydrogens is 288 g/mol. The lowest BCUT2D eigenvalue weighted by atomic mass is 10.2. The van der Waals surface area contributed by atoms with Gasteiger partial charge in [-0.1, -0.05) is 0 Å². The first kappa shape index (κ1) is 14.1. The summed E-state index contributed by atoms with van der Waals surface area (Å²) >= 11 is 0. The number of nitrogens with one attached hydrogen (secondary N) is 3. The number of hydrogen-bond acceptors (Lipinski definition) is 4. The maximum atomic E-state index is 11.9. The molecule has 116 valence electrons. The average molecular weight is 304 g/mol. The van der Waals surface area contributed by atoms with Gasteiger partial charge < -0.3 is 20.3 Å². The zero-order valence-corrected chi connectivity index (χ0v) is 11.7. The van der Waals surface area contributed by atoms with E-state index < -0.39 is 12.1 Å². The van der Waals surface area contributed by atoms with Crippen LogP contribution in [-0.4, -0.2) is 56.2 Å². The Kier molecular flexibility index (Phi) is 3.77. The highest BCUT2D eigenvalue weighted by atomic mass is 16.4. The number of hydrogen-bond donors (Lipinski definition) is 4. The van der Waals surface area contributed by atoms with Crippen LogP contribution in [0.3, 0.4) is 0 Å². The summed E-state index contributed by atoms with van der Waals surface area (Å²) in [5, 5.41) is 14.3. The van der Waals surface area contributed by atoms with Crippen LogP contribution < -0.4 is 10.6 Å². The predicted molar refractivity (Wildman–Crippen MR) is 78.7 cm³/mol. The number of carbonyl (C=O) groups is 2. The van der Waals surface area contributed by atoms with E-state index >= 15 is 0 Å². The summed E-state index contributed by atoms with van der Waals surface area (Å²) in [5.74, 6) is 0.339. The van der Waals surface area contributed by atoms with Crippen LogP contribution in [0.15, 0.2) is 18.5 Å². The Morgan fingerprint density at radius 2 is 2.36 bits per heavy atom. The normalized spacial score (nSPS) is 17.6. The lowest BCUT2D eigenvalue weighted by Gasteiger charge is -2.21. The lowest BCUT2D eigenvalue weighted by Crippen LogP contribution is -2.43. The van der Waals surface area contributed by atoms with Crippen molar-refractivity contribution in [3.63, 3.8) is 0 Å². The zero-order chi connectivity index (χ0) is 15.5. The molecule has 1 aliphatic heterocycles. The van der Waals surface area contributed by atoms with E-state index in [1.807, 2.05) is 0 Å². The van der Waals surface area contributed by atoms with Gasteiger partial charge in [-0.3, -0.25) is 5.32 Å². The van der Waals surface area contributed by atoms with Gasteiger partial charge in [-0.2, -0.15) is 0 Å². The van der Waals surface area contributed by atoms with Crippen molar-refractivity contribution in [3.05, 3.63) is 18.5 Å². The highest BCUT2D eigenvalue weighted by Gasteiger charge is 2.28. The molecule has 0 bridgehead atoms. The van der Waals surface area contributed by atoms with Gasteiger partial charge in [0, 0.05) is 19.3 Å². The summed E-state index contributed by atoms with van der Waals surface area (Å²) in [5.41, 5.74) is 1.31. The topological polar surface area (TPSA) is 123 Å². The van der Waals surface area contributed by atoms with Crippen molar-refractivity contribution < 1.29 is 14.7 Å². The van der Waals surface area contributed by atoms with E-state index in [1.165, 1.54) is 11.1 Å². The SMILES string of the molecule is O=C(NCC1CCCN1C(=O)O)Nc1cnc2[nH]ccc2n1. The standard InChI is InChI=1S/C13H16N6O3/c20-12(16-6-8-2-1-5-19(8)13(21)22)18-10-7-15-11-9(17-10)3-4-14-11/h3-4,7-8H,1-2,5-6H2,(H,14,15)(H,21,22)(H2,16,17,18,20). The number of H-pyrrole nitrogens is 1. The third-order valence-corrected chi connectivity index (χ3v) is 3.62. The number of carboxylic acid groups (broad SMARTS) is 1. The van der Waals surface area contributed by atoms with Crippen molar-refractivity contribution in [2.45, 2.75) is 18.9 Å². The molecule has 0 saturated carbocycles. The van der Waals surface area contributed by atoms with Gasteiger partial charge in [0.25, 0.3) is 0 Å². The molecule has 3 rings (SSSR count). The molecule has 2 aromatic rings. The Balaban J connectivity index is 1.55. The summed E-state index contributed by atoms with van der Waals surface area (Å²) in [7, 11) is 0. The molecule has 0 radical (unpaired) electrons. The smallest absolute Gasteiger partial charge is 0.407 e. The van der Waals surface area contributed by atoms with Crippen molar-refractivity contribution >= 4 is 29.1 Å². The van der Waals surface area contributed by atoms with Crippen LogP contribution in [0.25, 0.3) is 11.2 Å². The largest absolute Gasteiger partial charge is 0.465 e. The predicted octanol–water partition coefficient (Wildman–Crippen LogP) is 1.22. The Bertz CT molecular complexity index is 700. The summed E-state index contributed by atoms with van der Waals surface area (Å²) in [6.45, 7) is 0.789. The second-order valence-electron chi connectivity index (χ2n) is 5.07. The van der Waals surface area contributed by atoms with Gasteiger partial charge in [-0.25, -0.2) is 19.6 Å². The second-order valence-corrected chi connectivity index (χ2v) is 5.07. The molecule has 22 heavy (non-hydrogen) atoms. The fourth-order valence-electron chi connectivity index (χ4n) is 2.56. The first-order valence-corrected chi connectivity index (χ1v) is 6.98. The number of aromatic amines is 1. The van der Waals surface area contributed by atoms with Crippen molar-refractivity contribution in [2.24, 2.45) is 0 Å². The molecule has 9 heteroatoms. The van der Waals surface area contributed by atoms with Crippen LogP contribution in [0.4, 0.5) is 15.4 Å². The lowest BCUT2D eigenvalue weighted by molar-refractivity contribution is 0.140. The van der Waals surface area contributed by atoms with Gasteiger partial charge in [-0.05, 0) is 18.9 Å². The molecule has 1 aliphatic rings. The summed E-state index contributed by atoms with van der Waals surface area (Å²) in [4.78, 5) is 35.5. The molecule has 1 atom stereocenters. The molecule has 3 amide bonds. The van der Waals surface area contributed by atoms with E-state index in [2.05, 4.69) is 25.6 Å². The van der Waals surface area contributed by atoms with Crippen molar-refractivity contribution in [2.75, 3.05) is 18.4 Å². The molecule has 1 fully saturated rings. The van der Waals surface area contributed by atoms with Crippen LogP contribution in [0.5, 0.6) is 0 Å². The van der Waals surface area contributed by atoms with Gasteiger partial charge in [0.05, 0.1) is 12.2 Å². The summed E-state index contributed by atoms with van der Waals surface area (Å²) in [6, 6.07) is 1.15. The molecule has 1 unspecified atom stereocenters. The third-order valence-electron chi connectivity index (χ3n) is 3.62. The van der Waals surface area contributed by atoms with Crippen molar-refractivity contribution in [1.82, 2.24) is 25.2 Å². The minimum Gasteiger partial charge on any atom is -0.465 e. The Morgan fingerprint density at radius 1 is 1.50 bits per heavy atom. The highest BCUT2D eigenvalue weighted by Crippen LogP contribution is 2.16. The first-order chi connectivity index (χ1) is 10.6. The van der Waals surface area contributed by atoms with Gasteiger partial charge in [0.2, 0.25) is 0 Å². The number of rotatable bonds is 3. The summed E-state index contributed by atoms with van der Waals surface area (Å²) in [6.07, 6.45) is 3.79. The average Bonchev–Trinajstić information content (AvgIpc) is 3.13. The van der Waals surface area contributed by atoms with Crippen LogP contribution in [-0.2, 0) is 0 Å². The number of amides is 3. The number of nitrogens with zero attached hydrogens (tertiary/aromatic N) is 3. The van der Waals surface area contributed by atoms with Crippen LogP contribution in [0.2, 0.25) is 0 Å². The Hall–Kier alpha value is -2.84. The third kappa shape index (κ3) is 2.92. The van der Waals surface area contributed by atoms with E-state index in [4.69, 9.17) is 5.11 Å². The molecular formula is C13H16N6O3. The maximum Gasteiger partial charge on any atom is 0.407 e. The first-order valence-electron chi connectivity index (χ1n) is 6.98. The molecule has 0 spiro atoms. The minimum absolute atomic E-state index is 0.179. The maximum absolute atomic E-state index is 11.9. The van der Waals surface area contributed by atoms with Crippen molar-refractivity contribution in [3.8, 4) is 0 Å². The fourth-order valence-corrected chi connectivity index (χ4v) is 2.56. The van der Waals surface area contributed by atoms with E-state index in [0.29, 0.717) is 23.5 Å². The molecule has 0 aliphatic carbocycles. The molecule has 0 aromatic carbocycles. The number of fused-ring (bicyclic) bond motifs is 1. The number of carbonyl (C=O) groups excluding carboxylic acids is 1. The quantitative estimate of drug-likeness (QED) is 0.679. The monoisotopic (exact) mass is 304 g/mol. The van der Waals surface area contributed by atoms with Crippen molar-refractivity contribution in [1.29, 1.82) is 0 Å². The van der Waals surface area contributed by atoms with E-state index in [-0.39, 0.29) is 12.6 Å². The highest BCUT2D eigenvalue weighted by molar-refractivity contribution is 5.89. The second kappa shape index (κ2) is 5.88. The van der Waals surface area contributed by atoms with Crippen LogP contribution >= 0.6 is 0 Å². The number of urea groups is 1. The van der Waals surface area contributed by atoms with E-state index in [1.54, 1.807) is 12.3 Å². The zero-order valence-electron chi connectivity index (χ0n) is 11.7. The molecule has 2 aromatic heterocycles. The molecule has 9 nitrogen and oxygen atoms in total. The minimum atomic E-state index is -0.950. The van der Waals surface area contributed by atoms with Gasteiger partial charge in [0.1, 0.15) is 5.52 Å². The van der Waals surface area contributed by atoms with Gasteiger partial charge in [-0.15, -0.1) is 0 Å². The fraction of sp³-hybridized carbons (Fsp3) is 0.385. The Labute approximate surface area is 125 Å². The van der Waals surface area contributed by atoms with Crippen LogP contribution in [0.1, 0.15) is 12.8 Å². The van der Waals surface area contributed by atoms with Gasteiger partial charge >= 0.3 is 12.1 Å². The summed E-state index contributed by atoms with van der Waals surface area (Å²) < 4.78 is 0. The molecule has 3 heterocycles. The number of aromatic nitrogens is 3. The van der Waals surface area contributed by atoms with Crippen LogP contribution in [0, 0.1) is 0 Å². The number of likely N-dealkylation sites (tertiary alicyclic amines) is 1. The van der Waals surface area contributed by atoms with Gasteiger partial charge in [0.15, 0.2) is 11.5 Å². The molecule has 4 N–H and O–H groups in total. The Morgan fingerprint density at radius 3 is 3.18 bits per heavy atom.